The molecule has 5 nitrogen and oxygen atoms in total. The Hall–Kier alpha value is -2.40. The first-order chi connectivity index (χ1) is 24.6. The van der Waals surface area contributed by atoms with Crippen molar-refractivity contribution >= 4 is 11.9 Å². The molecule has 0 bridgehead atoms. The minimum atomic E-state index is -0.789. The molecule has 0 aliphatic rings. The third-order valence-corrected chi connectivity index (χ3v) is 8.83. The van der Waals surface area contributed by atoms with E-state index in [4.69, 9.17) is 9.47 Å². The van der Waals surface area contributed by atoms with Gasteiger partial charge in [-0.25, -0.2) is 0 Å². The Morgan fingerprint density at radius 1 is 0.480 bits per heavy atom. The number of hydrogen-bond acceptors (Lipinski definition) is 5. The van der Waals surface area contributed by atoms with E-state index in [9.17, 15) is 14.7 Å². The van der Waals surface area contributed by atoms with Gasteiger partial charge in [0.2, 0.25) is 0 Å². The lowest BCUT2D eigenvalue weighted by atomic mass is 10.0. The molecule has 0 radical (unpaired) electrons. The van der Waals surface area contributed by atoms with Crippen LogP contribution in [0.1, 0.15) is 194 Å². The molecule has 0 aliphatic heterocycles. The number of aliphatic hydroxyl groups is 1. The molecule has 0 rings (SSSR count). The smallest absolute Gasteiger partial charge is 0.306 e. The maximum atomic E-state index is 12.2. The number of esters is 2. The zero-order valence-corrected chi connectivity index (χ0v) is 32.6. The fourth-order valence-electron chi connectivity index (χ4n) is 5.70. The highest BCUT2D eigenvalue weighted by Gasteiger charge is 2.16. The number of carbonyl (C=O) groups is 2. The van der Waals surface area contributed by atoms with Gasteiger partial charge in [-0.1, -0.05) is 184 Å². The molecule has 0 aromatic carbocycles. The van der Waals surface area contributed by atoms with Crippen molar-refractivity contribution in [1.29, 1.82) is 0 Å². The summed E-state index contributed by atoms with van der Waals surface area (Å²) < 4.78 is 10.6. The van der Waals surface area contributed by atoms with E-state index < -0.39 is 6.10 Å². The van der Waals surface area contributed by atoms with Crippen LogP contribution in [0, 0.1) is 0 Å². The summed E-state index contributed by atoms with van der Waals surface area (Å²) in [4.78, 5) is 24.3. The van der Waals surface area contributed by atoms with Gasteiger partial charge in [0.1, 0.15) is 6.61 Å². The number of carbonyl (C=O) groups excluding carboxylic acids is 2. The van der Waals surface area contributed by atoms with Crippen LogP contribution in [0.3, 0.4) is 0 Å². The molecule has 0 fully saturated rings. The van der Waals surface area contributed by atoms with Crippen LogP contribution in [0.25, 0.3) is 0 Å². The first-order valence-corrected chi connectivity index (χ1v) is 20.8. The van der Waals surface area contributed by atoms with Crippen LogP contribution in [-0.2, 0) is 19.1 Å². The molecule has 1 N–H and O–H groups in total. The van der Waals surface area contributed by atoms with Crippen molar-refractivity contribution in [2.24, 2.45) is 0 Å². The SMILES string of the molecule is CC/C=C\C/C=C\C/C=C\C/C=C\C/C=C\CCCCCC(=O)O[C@@H](CO)COC(=O)CCCCCCCCCCCCCCCCCCC. The number of unbranched alkanes of at least 4 members (excludes halogenated alkanes) is 19. The Kier molecular flexibility index (Phi) is 39.1. The highest BCUT2D eigenvalue weighted by atomic mass is 16.6. The summed E-state index contributed by atoms with van der Waals surface area (Å²) >= 11 is 0. The van der Waals surface area contributed by atoms with Crippen molar-refractivity contribution in [3.63, 3.8) is 0 Å². The summed E-state index contributed by atoms with van der Waals surface area (Å²) in [7, 11) is 0. The minimum absolute atomic E-state index is 0.0793. The van der Waals surface area contributed by atoms with Gasteiger partial charge in [0.05, 0.1) is 6.61 Å². The van der Waals surface area contributed by atoms with Crippen LogP contribution in [0.5, 0.6) is 0 Å². The maximum Gasteiger partial charge on any atom is 0.306 e. The number of allylic oxidation sites excluding steroid dienone is 10. The van der Waals surface area contributed by atoms with Gasteiger partial charge >= 0.3 is 11.9 Å². The first-order valence-electron chi connectivity index (χ1n) is 20.8. The number of hydrogen-bond donors (Lipinski definition) is 1. The van der Waals surface area contributed by atoms with Crippen LogP contribution in [-0.4, -0.2) is 36.4 Å². The fraction of sp³-hybridized carbons (Fsp3) is 0.733. The zero-order chi connectivity index (χ0) is 36.4. The van der Waals surface area contributed by atoms with Gasteiger partial charge in [0, 0.05) is 12.8 Å². The first kappa shape index (κ1) is 47.6. The monoisotopic (exact) mass is 699 g/mol. The van der Waals surface area contributed by atoms with E-state index in [1.54, 1.807) is 0 Å². The summed E-state index contributed by atoms with van der Waals surface area (Å²) in [5.41, 5.74) is 0. The van der Waals surface area contributed by atoms with Gasteiger partial charge in [-0.2, -0.15) is 0 Å². The lowest BCUT2D eigenvalue weighted by molar-refractivity contribution is -0.161. The van der Waals surface area contributed by atoms with Gasteiger partial charge in [0.15, 0.2) is 6.10 Å². The molecule has 0 spiro atoms. The Labute approximate surface area is 309 Å². The molecule has 0 saturated heterocycles. The molecule has 288 valence electrons. The molecule has 0 saturated carbocycles. The summed E-state index contributed by atoms with van der Waals surface area (Å²) in [6.45, 7) is 4.00. The standard InChI is InChI=1S/C45H78O5/c1-3-5-7-9-11-13-15-17-19-21-22-24-26-28-30-32-34-36-38-40-45(48)50-43(41-46)42-49-44(47)39-37-35-33-31-29-27-25-23-20-18-16-14-12-10-8-6-4-2/h5,7,11,13,17,19,22,24,28,30,43,46H,3-4,6,8-10,12,14-16,18,20-21,23,25-27,29,31-42H2,1-2H3/b7-5-,13-11-,19-17-,24-22-,30-28-/t43-/m0/s1. The highest BCUT2D eigenvalue weighted by molar-refractivity contribution is 5.70. The third kappa shape index (κ3) is 38.4. The number of rotatable bonds is 37. The fourth-order valence-corrected chi connectivity index (χ4v) is 5.70. The Morgan fingerprint density at radius 3 is 1.30 bits per heavy atom. The number of aliphatic hydroxyl groups excluding tert-OH is 1. The highest BCUT2D eigenvalue weighted by Crippen LogP contribution is 2.15. The van der Waals surface area contributed by atoms with Gasteiger partial charge in [-0.05, 0) is 57.8 Å². The third-order valence-electron chi connectivity index (χ3n) is 8.83. The largest absolute Gasteiger partial charge is 0.462 e. The van der Waals surface area contributed by atoms with Crippen LogP contribution in [0.15, 0.2) is 60.8 Å². The van der Waals surface area contributed by atoms with E-state index in [1.807, 2.05) is 0 Å². The van der Waals surface area contributed by atoms with E-state index in [0.717, 1.165) is 77.0 Å². The van der Waals surface area contributed by atoms with E-state index in [-0.39, 0.29) is 25.2 Å². The second-order valence-corrected chi connectivity index (χ2v) is 13.7. The lowest BCUT2D eigenvalue weighted by Gasteiger charge is -2.15. The van der Waals surface area contributed by atoms with Crippen molar-refractivity contribution in [3.8, 4) is 0 Å². The molecular weight excluding hydrogens is 620 g/mol. The topological polar surface area (TPSA) is 72.8 Å². The van der Waals surface area contributed by atoms with Crippen molar-refractivity contribution in [2.75, 3.05) is 13.2 Å². The summed E-state index contributed by atoms with van der Waals surface area (Å²) in [5, 5.41) is 9.57. The maximum absolute atomic E-state index is 12.2. The van der Waals surface area contributed by atoms with E-state index >= 15 is 0 Å². The number of ether oxygens (including phenoxy) is 2. The Morgan fingerprint density at radius 2 is 0.860 bits per heavy atom. The van der Waals surface area contributed by atoms with Gasteiger partial charge in [0.25, 0.3) is 0 Å². The molecule has 0 amide bonds. The Bertz CT molecular complexity index is 884. The molecule has 1 atom stereocenters. The lowest BCUT2D eigenvalue weighted by Crippen LogP contribution is -2.28. The van der Waals surface area contributed by atoms with Crippen molar-refractivity contribution in [3.05, 3.63) is 60.8 Å². The zero-order valence-electron chi connectivity index (χ0n) is 32.6. The van der Waals surface area contributed by atoms with Crippen LogP contribution in [0.2, 0.25) is 0 Å². The summed E-state index contributed by atoms with van der Waals surface area (Å²) in [6, 6.07) is 0. The Balaban J connectivity index is 3.61. The predicted molar refractivity (Wildman–Crippen MR) is 214 cm³/mol. The average Bonchev–Trinajstić information content (AvgIpc) is 3.12. The normalized spacial score (nSPS) is 12.8. The molecule has 0 aromatic rings. The van der Waals surface area contributed by atoms with Crippen LogP contribution >= 0.6 is 0 Å². The second kappa shape index (κ2) is 41.0. The molecule has 5 heteroatoms. The summed E-state index contributed by atoms with van der Waals surface area (Å²) in [6.07, 6.45) is 52.8. The molecule has 0 unspecified atom stereocenters. The van der Waals surface area contributed by atoms with Gasteiger partial charge in [-0.15, -0.1) is 0 Å². The van der Waals surface area contributed by atoms with Crippen molar-refractivity contribution in [1.82, 2.24) is 0 Å². The van der Waals surface area contributed by atoms with Crippen LogP contribution in [0.4, 0.5) is 0 Å². The average molecular weight is 699 g/mol. The molecule has 50 heavy (non-hydrogen) atoms. The predicted octanol–water partition coefficient (Wildman–Crippen LogP) is 13.2. The quantitative estimate of drug-likeness (QED) is 0.0397. The van der Waals surface area contributed by atoms with E-state index in [0.29, 0.717) is 12.8 Å². The van der Waals surface area contributed by atoms with Crippen LogP contribution < -0.4 is 0 Å². The van der Waals surface area contributed by atoms with Gasteiger partial charge in [-0.3, -0.25) is 9.59 Å². The molecule has 0 aromatic heterocycles. The van der Waals surface area contributed by atoms with E-state index in [1.165, 1.54) is 89.9 Å². The molecule has 0 aliphatic carbocycles. The minimum Gasteiger partial charge on any atom is -0.462 e. The van der Waals surface area contributed by atoms with Crippen molar-refractivity contribution in [2.45, 2.75) is 200 Å². The van der Waals surface area contributed by atoms with Crippen molar-refractivity contribution < 1.29 is 24.2 Å². The summed E-state index contributed by atoms with van der Waals surface area (Å²) in [5.74, 6) is -0.626. The second-order valence-electron chi connectivity index (χ2n) is 13.7. The van der Waals surface area contributed by atoms with E-state index in [2.05, 4.69) is 74.6 Å². The van der Waals surface area contributed by atoms with Gasteiger partial charge < -0.3 is 14.6 Å². The molecular formula is C45H78O5. The molecule has 0 heterocycles.